The predicted molar refractivity (Wildman–Crippen MR) is 171 cm³/mol. The number of ether oxygens (including phenoxy) is 1. The molecule has 2 fully saturated rings. The van der Waals surface area contributed by atoms with Crippen LogP contribution in [-0.2, 0) is 24.9 Å². The summed E-state index contributed by atoms with van der Waals surface area (Å²) in [7, 11) is 5.76. The van der Waals surface area contributed by atoms with E-state index < -0.39 is 22.7 Å². The molecular weight excluding hydrogens is 607 g/mol. The van der Waals surface area contributed by atoms with Crippen LogP contribution in [0.2, 0.25) is 0 Å². The van der Waals surface area contributed by atoms with Gasteiger partial charge in [0, 0.05) is 56.3 Å². The number of nitrogens with two attached hydrogens (primary N) is 2. The second-order valence-electron chi connectivity index (χ2n) is 14.0. The number of hydrogen-bond acceptors (Lipinski definition) is 10. The van der Waals surface area contributed by atoms with Gasteiger partial charge in [-0.1, -0.05) is 6.07 Å². The SMILES string of the molecule is C[C@H](c1cccnc1N)N(C)c1nc(OC[C@@H]2C[C@@]3(CN2C)CC3(F)F)nc2c1CN(C)[C@@]1(CCCc3c(F)cc(N)c(C#N)c31)C2. The number of nitrogen functional groups attached to an aromatic ring is 2. The van der Waals surface area contributed by atoms with Crippen molar-refractivity contribution in [3.05, 3.63) is 63.7 Å². The molecular formula is C34H40F3N9O. The van der Waals surface area contributed by atoms with Crippen molar-refractivity contribution in [3.63, 3.8) is 0 Å². The molecule has 0 unspecified atom stereocenters. The summed E-state index contributed by atoms with van der Waals surface area (Å²) in [6, 6.07) is 7.00. The number of rotatable bonds is 6. The maximum atomic E-state index is 15.4. The Labute approximate surface area is 272 Å². The molecule has 248 valence electrons. The second-order valence-corrected chi connectivity index (χ2v) is 14.0. The Bertz CT molecular complexity index is 1800. The number of fused-ring (bicyclic) bond motifs is 3. The van der Waals surface area contributed by atoms with Gasteiger partial charge < -0.3 is 21.1 Å². The fraction of sp³-hybridized carbons (Fsp3) is 0.529. The van der Waals surface area contributed by atoms with Crippen molar-refractivity contribution >= 4 is 17.3 Å². The number of likely N-dealkylation sites (tertiary alicyclic amines) is 1. The molecule has 1 aromatic carbocycles. The van der Waals surface area contributed by atoms with E-state index in [2.05, 4.69) is 16.0 Å². The summed E-state index contributed by atoms with van der Waals surface area (Å²) in [4.78, 5) is 20.2. The van der Waals surface area contributed by atoms with E-state index in [9.17, 15) is 14.0 Å². The van der Waals surface area contributed by atoms with Gasteiger partial charge in [0.25, 0.3) is 5.92 Å². The van der Waals surface area contributed by atoms with E-state index in [0.717, 1.165) is 23.2 Å². The van der Waals surface area contributed by atoms with Crippen molar-refractivity contribution in [1.29, 1.82) is 5.26 Å². The van der Waals surface area contributed by atoms with Gasteiger partial charge in [0.1, 0.15) is 30.1 Å². The molecule has 2 aromatic heterocycles. The molecule has 0 radical (unpaired) electrons. The number of nitriles is 1. The van der Waals surface area contributed by atoms with Crippen LogP contribution in [0.5, 0.6) is 6.01 Å². The average molecular weight is 648 g/mol. The highest BCUT2D eigenvalue weighted by Gasteiger charge is 2.73. The molecule has 10 nitrogen and oxygen atoms in total. The van der Waals surface area contributed by atoms with Crippen molar-refractivity contribution in [2.45, 2.75) is 75.5 Å². The maximum absolute atomic E-state index is 15.4. The number of benzene rings is 1. The summed E-state index contributed by atoms with van der Waals surface area (Å²) in [5.74, 6) is -1.98. The molecule has 4 atom stereocenters. The van der Waals surface area contributed by atoms with Crippen molar-refractivity contribution in [3.8, 4) is 12.1 Å². The third-order valence-electron chi connectivity index (χ3n) is 11.3. The Balaban J connectivity index is 1.29. The summed E-state index contributed by atoms with van der Waals surface area (Å²) >= 11 is 0. The molecule has 4 N–H and O–H groups in total. The Hall–Kier alpha value is -4.15. The van der Waals surface area contributed by atoms with E-state index in [0.29, 0.717) is 67.1 Å². The number of alkyl halides is 2. The Morgan fingerprint density at radius 3 is 2.68 bits per heavy atom. The fourth-order valence-electron chi connectivity index (χ4n) is 8.37. The van der Waals surface area contributed by atoms with Gasteiger partial charge >= 0.3 is 6.01 Å². The van der Waals surface area contributed by atoms with Crippen LogP contribution in [-0.4, -0.2) is 71.0 Å². The second kappa shape index (κ2) is 11.0. The fourth-order valence-corrected chi connectivity index (χ4v) is 8.37. The molecule has 0 bridgehead atoms. The van der Waals surface area contributed by atoms with Crippen LogP contribution >= 0.6 is 0 Å². The van der Waals surface area contributed by atoms with Crippen molar-refractivity contribution in [1.82, 2.24) is 24.8 Å². The van der Waals surface area contributed by atoms with E-state index >= 15 is 4.39 Å². The summed E-state index contributed by atoms with van der Waals surface area (Å²) in [5, 5.41) is 10.2. The Morgan fingerprint density at radius 2 is 2.00 bits per heavy atom. The van der Waals surface area contributed by atoms with Crippen LogP contribution in [0.1, 0.15) is 72.2 Å². The van der Waals surface area contributed by atoms with Gasteiger partial charge in [-0.3, -0.25) is 9.80 Å². The quantitative estimate of drug-likeness (QED) is 0.367. The van der Waals surface area contributed by atoms with Gasteiger partial charge in [-0.2, -0.15) is 15.2 Å². The van der Waals surface area contributed by atoms with Crippen LogP contribution in [0, 0.1) is 22.6 Å². The first-order valence-corrected chi connectivity index (χ1v) is 16.1. The molecule has 2 aliphatic heterocycles. The number of anilines is 3. The lowest BCUT2D eigenvalue weighted by Gasteiger charge is -2.50. The number of hydrogen-bond donors (Lipinski definition) is 2. The van der Waals surface area contributed by atoms with Gasteiger partial charge in [-0.15, -0.1) is 0 Å². The molecule has 0 amide bonds. The van der Waals surface area contributed by atoms with Crippen molar-refractivity contribution in [2.24, 2.45) is 5.41 Å². The first-order valence-electron chi connectivity index (χ1n) is 16.1. The van der Waals surface area contributed by atoms with Crippen LogP contribution in [0.3, 0.4) is 0 Å². The van der Waals surface area contributed by atoms with Gasteiger partial charge in [-0.05, 0) is 70.0 Å². The zero-order chi connectivity index (χ0) is 33.5. The number of aromatic nitrogens is 3. The Morgan fingerprint density at radius 1 is 1.23 bits per heavy atom. The molecule has 7 rings (SSSR count). The molecule has 2 spiro atoms. The summed E-state index contributed by atoms with van der Waals surface area (Å²) < 4.78 is 50.1. The highest BCUT2D eigenvalue weighted by Crippen LogP contribution is 2.66. The van der Waals surface area contributed by atoms with Gasteiger partial charge in [0.05, 0.1) is 33.9 Å². The topological polar surface area (TPSA) is 133 Å². The van der Waals surface area contributed by atoms with E-state index in [1.54, 1.807) is 6.20 Å². The molecule has 4 aliphatic rings. The van der Waals surface area contributed by atoms with Gasteiger partial charge in [0.15, 0.2) is 0 Å². The molecule has 2 aliphatic carbocycles. The Kier molecular flexibility index (Phi) is 7.33. The molecule has 4 heterocycles. The van der Waals surface area contributed by atoms with Crippen LogP contribution in [0.15, 0.2) is 24.4 Å². The minimum atomic E-state index is -2.64. The zero-order valence-corrected chi connectivity index (χ0v) is 27.2. The molecule has 3 aromatic rings. The van der Waals surface area contributed by atoms with E-state index in [4.69, 9.17) is 26.2 Å². The minimum absolute atomic E-state index is 0.0899. The number of nitrogens with zero attached hydrogens (tertiary/aromatic N) is 7. The lowest BCUT2D eigenvalue weighted by molar-refractivity contribution is 0.0671. The summed E-state index contributed by atoms with van der Waals surface area (Å²) in [6.07, 6.45) is 4.22. The first-order chi connectivity index (χ1) is 22.3. The highest BCUT2D eigenvalue weighted by molar-refractivity contribution is 5.64. The lowest BCUT2D eigenvalue weighted by Crippen LogP contribution is -2.51. The zero-order valence-electron chi connectivity index (χ0n) is 27.2. The van der Waals surface area contributed by atoms with E-state index in [1.807, 2.05) is 50.0 Å². The average Bonchev–Trinajstić information content (AvgIpc) is 3.39. The third-order valence-corrected chi connectivity index (χ3v) is 11.3. The summed E-state index contributed by atoms with van der Waals surface area (Å²) in [5.41, 5.74) is 14.8. The van der Waals surface area contributed by atoms with Gasteiger partial charge in [-0.25, -0.2) is 18.2 Å². The number of likely N-dealkylation sites (N-methyl/N-ethyl adjacent to an activating group) is 2. The lowest BCUT2D eigenvalue weighted by atomic mass is 9.68. The molecule has 1 saturated heterocycles. The van der Waals surface area contributed by atoms with E-state index in [-0.39, 0.29) is 36.8 Å². The largest absolute Gasteiger partial charge is 0.462 e. The molecule has 47 heavy (non-hydrogen) atoms. The number of halogens is 3. The third kappa shape index (κ3) is 4.87. The number of pyridine rings is 1. The molecule has 1 saturated carbocycles. The van der Waals surface area contributed by atoms with Crippen LogP contribution < -0.4 is 21.1 Å². The highest BCUT2D eigenvalue weighted by atomic mass is 19.3. The molecule has 13 heteroatoms. The van der Waals surface area contributed by atoms with Crippen LogP contribution in [0.25, 0.3) is 0 Å². The predicted octanol–water partition coefficient (Wildman–Crippen LogP) is 4.57. The van der Waals surface area contributed by atoms with Crippen molar-refractivity contribution in [2.75, 3.05) is 50.7 Å². The standard InChI is InChI=1S/C34H40F3N9O/c1-19(21-8-6-10-41-29(21)40)46(4)30-24-15-45(3)33(9-5-7-22-25(35)11-26(39)23(14-38)28(22)33)13-27(24)42-31(43-30)47-16-20-12-32(18-44(20)2)17-34(32,36)37/h6,8,10-11,19-20H,5,7,9,12-13,15-18,39H2,1-4H3,(H2,40,41)/t19-,20+,32+,33+/m1/s1. The smallest absolute Gasteiger partial charge is 0.318 e. The monoisotopic (exact) mass is 647 g/mol. The van der Waals surface area contributed by atoms with Crippen LogP contribution in [0.4, 0.5) is 30.5 Å². The first kappa shape index (κ1) is 31.4. The van der Waals surface area contributed by atoms with Gasteiger partial charge in [0.2, 0.25) is 0 Å². The summed E-state index contributed by atoms with van der Waals surface area (Å²) in [6.45, 7) is 2.93. The van der Waals surface area contributed by atoms with E-state index in [1.165, 1.54) is 6.07 Å². The maximum Gasteiger partial charge on any atom is 0.318 e. The minimum Gasteiger partial charge on any atom is -0.462 e. The van der Waals surface area contributed by atoms with Crippen molar-refractivity contribution < 1.29 is 17.9 Å². The normalized spacial score (nSPS) is 26.9.